The first-order chi connectivity index (χ1) is 6.16. The number of carbonyl (C=O) groups excluding carboxylic acids is 2. The van der Waals surface area contributed by atoms with Gasteiger partial charge in [0.05, 0.1) is 0 Å². The lowest BCUT2D eigenvalue weighted by atomic mass is 10.2. The van der Waals surface area contributed by atoms with Crippen LogP contribution in [0.1, 0.15) is 6.42 Å². The second-order valence-electron chi connectivity index (χ2n) is 2.89. The monoisotopic (exact) mass is 185 g/mol. The number of ether oxygens (including phenoxy) is 1. The molecule has 0 bridgehead atoms. The molecular weight excluding hydrogens is 172 g/mol. The van der Waals surface area contributed by atoms with E-state index in [0.29, 0.717) is 13.0 Å². The Kier molecular flexibility index (Phi) is 3.25. The topological polar surface area (TPSA) is 72.6 Å². The fourth-order valence-corrected chi connectivity index (χ4v) is 1.39. The average Bonchev–Trinajstić information content (AvgIpc) is 2.52. The van der Waals surface area contributed by atoms with Gasteiger partial charge in [-0.15, -0.1) is 0 Å². The van der Waals surface area contributed by atoms with Crippen LogP contribution in [0, 0.1) is 6.42 Å². The van der Waals surface area contributed by atoms with E-state index in [0.717, 1.165) is 0 Å². The van der Waals surface area contributed by atoms with Crippen LogP contribution in [0.3, 0.4) is 0 Å². The minimum Gasteiger partial charge on any atom is -0.375 e. The summed E-state index contributed by atoms with van der Waals surface area (Å²) in [5.41, 5.74) is 5.12. The molecule has 5 heteroatoms. The van der Waals surface area contributed by atoms with Crippen molar-refractivity contribution >= 4 is 11.8 Å². The number of hydrogen-bond acceptors (Lipinski definition) is 3. The van der Waals surface area contributed by atoms with Gasteiger partial charge in [0.2, 0.25) is 11.8 Å². The zero-order chi connectivity index (χ0) is 9.84. The minimum absolute atomic E-state index is 0.00236. The molecule has 1 heterocycles. The van der Waals surface area contributed by atoms with E-state index in [9.17, 15) is 9.59 Å². The molecule has 0 aromatic heterocycles. The second kappa shape index (κ2) is 4.23. The van der Waals surface area contributed by atoms with Crippen molar-refractivity contribution in [2.24, 2.45) is 5.73 Å². The Hall–Kier alpha value is -1.10. The number of methoxy groups -OCH3 is 1. The Labute approximate surface area is 76.8 Å². The molecule has 1 aliphatic heterocycles. The summed E-state index contributed by atoms with van der Waals surface area (Å²) < 4.78 is 4.69. The summed E-state index contributed by atoms with van der Waals surface area (Å²) in [5.74, 6) is -0.679. The number of nitrogens with zero attached hydrogens (tertiary/aromatic N) is 1. The first-order valence-corrected chi connectivity index (χ1v) is 4.08. The largest absolute Gasteiger partial charge is 0.375 e. The van der Waals surface area contributed by atoms with Crippen molar-refractivity contribution in [3.63, 3.8) is 0 Å². The van der Waals surface area contributed by atoms with Gasteiger partial charge in [-0.3, -0.25) is 9.59 Å². The fourth-order valence-electron chi connectivity index (χ4n) is 1.39. The zero-order valence-corrected chi connectivity index (χ0v) is 7.53. The average molecular weight is 185 g/mol. The maximum Gasteiger partial charge on any atom is 0.249 e. The molecule has 1 rings (SSSR count). The number of hydrogen-bond donors (Lipinski definition) is 1. The molecule has 2 N–H and O–H groups in total. The van der Waals surface area contributed by atoms with E-state index in [4.69, 9.17) is 5.73 Å². The highest BCUT2D eigenvalue weighted by molar-refractivity contribution is 5.88. The van der Waals surface area contributed by atoms with E-state index in [1.165, 1.54) is 12.0 Å². The second-order valence-corrected chi connectivity index (χ2v) is 2.89. The van der Waals surface area contributed by atoms with Crippen LogP contribution in [-0.2, 0) is 14.3 Å². The van der Waals surface area contributed by atoms with E-state index in [1.54, 1.807) is 6.42 Å². The molecule has 1 aliphatic rings. The maximum absolute atomic E-state index is 11.3. The van der Waals surface area contributed by atoms with Gasteiger partial charge in [0.25, 0.3) is 0 Å². The zero-order valence-electron chi connectivity index (χ0n) is 7.53. The predicted molar refractivity (Wildman–Crippen MR) is 45.5 cm³/mol. The van der Waals surface area contributed by atoms with Crippen LogP contribution >= 0.6 is 0 Å². The molecule has 0 aliphatic carbocycles. The molecule has 2 amide bonds. The van der Waals surface area contributed by atoms with Crippen molar-refractivity contribution in [2.75, 3.05) is 20.3 Å². The highest BCUT2D eigenvalue weighted by Crippen LogP contribution is 2.15. The lowest BCUT2D eigenvalue weighted by Crippen LogP contribution is -2.45. The molecule has 5 nitrogen and oxygen atoms in total. The fraction of sp³-hybridized carbons (Fsp3) is 0.625. The van der Waals surface area contributed by atoms with Gasteiger partial charge >= 0.3 is 0 Å². The van der Waals surface area contributed by atoms with Gasteiger partial charge in [0.15, 0.2) is 0 Å². The first-order valence-electron chi connectivity index (χ1n) is 4.08. The first kappa shape index (κ1) is 9.98. The van der Waals surface area contributed by atoms with Gasteiger partial charge in [-0.2, -0.15) is 0 Å². The van der Waals surface area contributed by atoms with Crippen LogP contribution < -0.4 is 5.73 Å². The third kappa shape index (κ3) is 2.18. The molecule has 1 saturated heterocycles. The molecular formula is C8H13N2O3. The Morgan fingerprint density at radius 1 is 1.69 bits per heavy atom. The Morgan fingerprint density at radius 2 is 2.38 bits per heavy atom. The molecule has 13 heavy (non-hydrogen) atoms. The quantitative estimate of drug-likeness (QED) is 0.608. The van der Waals surface area contributed by atoms with Crippen LogP contribution in [-0.4, -0.2) is 43.0 Å². The molecule has 0 saturated carbocycles. The van der Waals surface area contributed by atoms with E-state index >= 15 is 0 Å². The third-order valence-corrected chi connectivity index (χ3v) is 1.98. The van der Waals surface area contributed by atoms with Crippen LogP contribution in [0.25, 0.3) is 0 Å². The standard InChI is InChI=1S/C8H13N2O3/c1-13-5-7(11)10-4-2-3-6(10)8(9)12/h3,6H,2,4-5H2,1H3,(H2,9,12)/t6-/m0/s1. The molecule has 1 fully saturated rings. The predicted octanol–water partition coefficient (Wildman–Crippen LogP) is -1.08. The van der Waals surface area contributed by atoms with Crippen LogP contribution in [0.5, 0.6) is 0 Å². The van der Waals surface area contributed by atoms with Gasteiger partial charge in [0, 0.05) is 13.7 Å². The number of nitrogens with two attached hydrogens (primary N) is 1. The molecule has 1 atom stereocenters. The SMILES string of the molecule is COCC(=O)N1CC[CH][C@H]1C(N)=O. The minimum atomic E-state index is -0.553. The number of primary amides is 1. The number of carbonyl (C=O) groups is 2. The molecule has 73 valence electrons. The van der Waals surface area contributed by atoms with Gasteiger partial charge < -0.3 is 15.4 Å². The lowest BCUT2D eigenvalue weighted by molar-refractivity contribution is -0.139. The van der Waals surface area contributed by atoms with Gasteiger partial charge in [-0.25, -0.2) is 0 Å². The van der Waals surface area contributed by atoms with Crippen molar-refractivity contribution in [1.82, 2.24) is 4.90 Å². The van der Waals surface area contributed by atoms with E-state index in [2.05, 4.69) is 4.74 Å². The number of rotatable bonds is 3. The summed E-state index contributed by atoms with van der Waals surface area (Å²) in [4.78, 5) is 23.6. The molecule has 1 radical (unpaired) electrons. The smallest absolute Gasteiger partial charge is 0.249 e. The summed E-state index contributed by atoms with van der Waals surface area (Å²) in [6.07, 6.45) is 2.46. The Bertz CT molecular complexity index is 217. The Balaban J connectivity index is 2.57. The summed E-state index contributed by atoms with van der Waals surface area (Å²) in [6, 6.07) is -0.553. The van der Waals surface area contributed by atoms with E-state index < -0.39 is 11.9 Å². The summed E-state index contributed by atoms with van der Waals surface area (Å²) >= 11 is 0. The van der Waals surface area contributed by atoms with E-state index in [1.807, 2.05) is 0 Å². The van der Waals surface area contributed by atoms with Gasteiger partial charge in [-0.05, 0) is 12.8 Å². The summed E-state index contributed by atoms with van der Waals surface area (Å²) in [5, 5.41) is 0. The van der Waals surface area contributed by atoms with Gasteiger partial charge in [0.1, 0.15) is 12.6 Å². The number of likely N-dealkylation sites (tertiary alicyclic amines) is 1. The molecule has 0 aromatic rings. The molecule has 0 aromatic carbocycles. The van der Waals surface area contributed by atoms with Crippen LogP contribution in [0.2, 0.25) is 0 Å². The summed E-state index contributed by atoms with van der Waals surface area (Å²) in [6.45, 7) is 0.549. The van der Waals surface area contributed by atoms with Crippen molar-refractivity contribution in [3.05, 3.63) is 6.42 Å². The molecule has 0 unspecified atom stereocenters. The van der Waals surface area contributed by atoms with Crippen molar-refractivity contribution < 1.29 is 14.3 Å². The van der Waals surface area contributed by atoms with Gasteiger partial charge in [-0.1, -0.05) is 0 Å². The normalized spacial score (nSPS) is 21.9. The molecule has 0 spiro atoms. The lowest BCUT2D eigenvalue weighted by Gasteiger charge is -2.21. The third-order valence-electron chi connectivity index (χ3n) is 1.98. The highest BCUT2D eigenvalue weighted by atomic mass is 16.5. The summed E-state index contributed by atoms with van der Waals surface area (Å²) in [7, 11) is 1.44. The van der Waals surface area contributed by atoms with E-state index in [-0.39, 0.29) is 12.5 Å². The van der Waals surface area contributed by atoms with Crippen molar-refractivity contribution in [3.8, 4) is 0 Å². The van der Waals surface area contributed by atoms with Crippen molar-refractivity contribution in [2.45, 2.75) is 12.5 Å². The van der Waals surface area contributed by atoms with Crippen LogP contribution in [0.4, 0.5) is 0 Å². The maximum atomic E-state index is 11.3. The highest BCUT2D eigenvalue weighted by Gasteiger charge is 2.32. The van der Waals surface area contributed by atoms with Crippen LogP contribution in [0.15, 0.2) is 0 Å². The van der Waals surface area contributed by atoms with Crippen molar-refractivity contribution in [1.29, 1.82) is 0 Å². The number of amides is 2. The Morgan fingerprint density at radius 3 is 2.92 bits per heavy atom.